The van der Waals surface area contributed by atoms with Crippen molar-refractivity contribution in [2.24, 2.45) is 5.92 Å². The molecule has 2 atom stereocenters. The number of nitrogens with one attached hydrogen (secondary N) is 1. The minimum atomic E-state index is -0.0682. The van der Waals surface area contributed by atoms with Gasteiger partial charge in [-0.2, -0.15) is 0 Å². The first-order chi connectivity index (χ1) is 12.0. The number of amides is 2. The lowest BCUT2D eigenvalue weighted by atomic mass is 9.92. The Hall–Kier alpha value is -1.49. The molecule has 0 saturated carbocycles. The van der Waals surface area contributed by atoms with Gasteiger partial charge in [-0.25, -0.2) is 0 Å². The zero-order valence-corrected chi connectivity index (χ0v) is 16.4. The topological polar surface area (TPSA) is 49.4 Å². The van der Waals surface area contributed by atoms with Crippen LogP contribution < -0.4 is 5.32 Å². The lowest BCUT2D eigenvalue weighted by Crippen LogP contribution is -2.50. The summed E-state index contributed by atoms with van der Waals surface area (Å²) in [6, 6.07) is 8.44. The molecule has 1 aliphatic rings. The third-order valence-corrected chi connectivity index (χ3v) is 5.78. The number of rotatable bonds is 7. The van der Waals surface area contributed by atoms with Crippen LogP contribution in [0.1, 0.15) is 45.1 Å². The molecule has 0 aromatic heterocycles. The fourth-order valence-electron chi connectivity index (χ4n) is 3.06. The zero-order valence-electron chi connectivity index (χ0n) is 15.6. The van der Waals surface area contributed by atoms with Crippen LogP contribution in [0.2, 0.25) is 0 Å². The van der Waals surface area contributed by atoms with Gasteiger partial charge in [0.1, 0.15) is 0 Å². The summed E-state index contributed by atoms with van der Waals surface area (Å²) in [5.74, 6) is 0.590. The van der Waals surface area contributed by atoms with E-state index in [9.17, 15) is 9.59 Å². The van der Waals surface area contributed by atoms with E-state index in [0.29, 0.717) is 12.3 Å². The summed E-state index contributed by atoms with van der Waals surface area (Å²) < 4.78 is 0. The Balaban J connectivity index is 1.86. The highest BCUT2D eigenvalue weighted by Crippen LogP contribution is 2.25. The van der Waals surface area contributed by atoms with Gasteiger partial charge in [-0.3, -0.25) is 9.59 Å². The minimum absolute atomic E-state index is 0.0682. The molecule has 2 rings (SSSR count). The van der Waals surface area contributed by atoms with Gasteiger partial charge in [0.25, 0.3) is 0 Å². The number of carbonyl (C=O) groups excluding carboxylic acids is 2. The molecule has 1 fully saturated rings. The number of hydrogen-bond donors (Lipinski definition) is 1. The molecule has 0 aliphatic carbocycles. The Bertz CT molecular complexity index is 574. The molecule has 1 aliphatic heterocycles. The highest BCUT2D eigenvalue weighted by molar-refractivity contribution is 8.00. The largest absolute Gasteiger partial charge is 0.356 e. The monoisotopic (exact) mass is 362 g/mol. The molecular formula is C20H30N2O2S. The van der Waals surface area contributed by atoms with E-state index in [-0.39, 0.29) is 23.8 Å². The van der Waals surface area contributed by atoms with Crippen molar-refractivity contribution < 1.29 is 9.59 Å². The number of benzene rings is 1. The van der Waals surface area contributed by atoms with Crippen molar-refractivity contribution in [3.8, 4) is 0 Å². The first kappa shape index (κ1) is 19.8. The second kappa shape index (κ2) is 9.85. The Kier molecular flexibility index (Phi) is 7.82. The highest BCUT2D eigenvalue weighted by Gasteiger charge is 2.32. The number of aryl methyl sites for hydroxylation is 1. The molecule has 25 heavy (non-hydrogen) atoms. The van der Waals surface area contributed by atoms with Gasteiger partial charge in [0.15, 0.2) is 0 Å². The summed E-state index contributed by atoms with van der Waals surface area (Å²) >= 11 is 1.57. The van der Waals surface area contributed by atoms with Crippen LogP contribution in [-0.4, -0.2) is 41.6 Å². The molecule has 4 nitrogen and oxygen atoms in total. The minimum Gasteiger partial charge on any atom is -0.356 e. The maximum atomic E-state index is 12.7. The third kappa shape index (κ3) is 6.07. The van der Waals surface area contributed by atoms with E-state index in [4.69, 9.17) is 0 Å². The van der Waals surface area contributed by atoms with Crippen LogP contribution in [0.15, 0.2) is 29.2 Å². The van der Waals surface area contributed by atoms with Crippen LogP contribution in [0.5, 0.6) is 0 Å². The molecule has 0 spiro atoms. The molecule has 1 saturated heterocycles. The molecule has 0 bridgehead atoms. The number of unbranched alkanes of at least 4 members (excludes halogenated alkanes) is 1. The van der Waals surface area contributed by atoms with Crippen molar-refractivity contribution in [3.63, 3.8) is 0 Å². The zero-order chi connectivity index (χ0) is 18.2. The van der Waals surface area contributed by atoms with E-state index in [1.165, 1.54) is 5.56 Å². The summed E-state index contributed by atoms with van der Waals surface area (Å²) in [7, 11) is 0. The van der Waals surface area contributed by atoms with Crippen molar-refractivity contribution in [2.45, 2.75) is 57.4 Å². The summed E-state index contributed by atoms with van der Waals surface area (Å²) in [6.45, 7) is 7.53. The van der Waals surface area contributed by atoms with Crippen LogP contribution in [0.25, 0.3) is 0 Å². The molecule has 1 aromatic carbocycles. The summed E-state index contributed by atoms with van der Waals surface area (Å²) in [5, 5.41) is 3.01. The quantitative estimate of drug-likeness (QED) is 0.595. The number of carbonyl (C=O) groups is 2. The molecule has 0 radical (unpaired) electrons. The molecule has 1 N–H and O–H groups in total. The van der Waals surface area contributed by atoms with Gasteiger partial charge in [0.05, 0.1) is 11.7 Å². The molecule has 138 valence electrons. The molecule has 2 unspecified atom stereocenters. The molecule has 1 aromatic rings. The van der Waals surface area contributed by atoms with Crippen LogP contribution in [-0.2, 0) is 9.59 Å². The Morgan fingerprint density at radius 1 is 1.24 bits per heavy atom. The van der Waals surface area contributed by atoms with E-state index in [2.05, 4.69) is 50.4 Å². The van der Waals surface area contributed by atoms with Crippen molar-refractivity contribution in [1.82, 2.24) is 10.2 Å². The maximum absolute atomic E-state index is 12.7. The predicted octanol–water partition coefficient (Wildman–Crippen LogP) is 3.63. The van der Waals surface area contributed by atoms with Gasteiger partial charge >= 0.3 is 0 Å². The van der Waals surface area contributed by atoms with E-state index in [1.807, 2.05) is 4.90 Å². The van der Waals surface area contributed by atoms with Crippen molar-refractivity contribution in [2.75, 3.05) is 18.8 Å². The summed E-state index contributed by atoms with van der Waals surface area (Å²) in [6.07, 6.45) is 3.84. The normalized spacial score (nSPS) is 20.4. The first-order valence-electron chi connectivity index (χ1n) is 9.28. The van der Waals surface area contributed by atoms with Gasteiger partial charge in [-0.05, 0) is 45.2 Å². The molecule has 1 heterocycles. The third-order valence-electron chi connectivity index (χ3n) is 4.79. The van der Waals surface area contributed by atoms with E-state index in [1.54, 1.807) is 11.8 Å². The Morgan fingerprint density at radius 3 is 2.64 bits per heavy atom. The predicted molar refractivity (Wildman–Crippen MR) is 104 cm³/mol. The first-order valence-corrected chi connectivity index (χ1v) is 10.3. The maximum Gasteiger partial charge on any atom is 0.233 e. The average Bonchev–Trinajstić information content (AvgIpc) is 2.61. The van der Waals surface area contributed by atoms with Gasteiger partial charge in [0.2, 0.25) is 11.8 Å². The molecule has 2 amide bonds. The highest BCUT2D eigenvalue weighted by atomic mass is 32.2. The van der Waals surface area contributed by atoms with E-state index in [0.717, 1.165) is 37.1 Å². The van der Waals surface area contributed by atoms with Crippen molar-refractivity contribution in [1.29, 1.82) is 0 Å². The van der Waals surface area contributed by atoms with Crippen LogP contribution in [0, 0.1) is 12.8 Å². The lowest BCUT2D eigenvalue weighted by molar-refractivity contribution is -0.136. The fourth-order valence-corrected chi connectivity index (χ4v) is 3.85. The molecule has 5 heteroatoms. The lowest BCUT2D eigenvalue weighted by Gasteiger charge is -2.37. The summed E-state index contributed by atoms with van der Waals surface area (Å²) in [4.78, 5) is 28.0. The van der Waals surface area contributed by atoms with Crippen LogP contribution >= 0.6 is 11.8 Å². The number of thioether (sulfide) groups is 1. The fraction of sp³-hybridized carbons (Fsp3) is 0.600. The number of hydrogen-bond acceptors (Lipinski definition) is 3. The Morgan fingerprint density at radius 2 is 1.96 bits per heavy atom. The molecular weight excluding hydrogens is 332 g/mol. The van der Waals surface area contributed by atoms with Gasteiger partial charge in [0, 0.05) is 24.0 Å². The van der Waals surface area contributed by atoms with Gasteiger partial charge in [-0.15, -0.1) is 11.8 Å². The number of likely N-dealkylation sites (tertiary alicyclic amines) is 1. The second-order valence-electron chi connectivity index (χ2n) is 6.92. The van der Waals surface area contributed by atoms with Crippen LogP contribution in [0.3, 0.4) is 0 Å². The van der Waals surface area contributed by atoms with Crippen molar-refractivity contribution in [3.05, 3.63) is 29.8 Å². The van der Waals surface area contributed by atoms with E-state index < -0.39 is 0 Å². The summed E-state index contributed by atoms with van der Waals surface area (Å²) in [5.41, 5.74) is 1.22. The second-order valence-corrected chi connectivity index (χ2v) is 7.96. The van der Waals surface area contributed by atoms with Crippen molar-refractivity contribution >= 4 is 23.6 Å². The van der Waals surface area contributed by atoms with E-state index >= 15 is 0 Å². The Labute approximate surface area is 155 Å². The van der Waals surface area contributed by atoms with Gasteiger partial charge < -0.3 is 10.2 Å². The smallest absolute Gasteiger partial charge is 0.233 e. The average molecular weight is 363 g/mol. The number of nitrogens with zero attached hydrogens (tertiary/aromatic N) is 1. The van der Waals surface area contributed by atoms with Gasteiger partial charge in [-0.1, -0.05) is 31.0 Å². The SMILES string of the molecule is CCCCNC(=O)C1CCC(C)N(C(=O)CSc2ccc(C)cc2)C1. The number of piperidine rings is 1. The standard InChI is InChI=1S/C20H30N2O2S/c1-4-5-12-21-20(24)17-9-8-16(3)22(13-17)19(23)14-25-18-10-6-15(2)7-11-18/h6-7,10-11,16-17H,4-5,8-9,12-14H2,1-3H3,(H,21,24). The van der Waals surface area contributed by atoms with Crippen LogP contribution in [0.4, 0.5) is 0 Å².